The van der Waals surface area contributed by atoms with Crippen molar-refractivity contribution in [3.8, 4) is 11.3 Å². The average molecular weight is 361 g/mol. The molecule has 0 aliphatic carbocycles. The van der Waals surface area contributed by atoms with Crippen LogP contribution in [0.25, 0.3) is 11.3 Å². The molecule has 3 aromatic rings. The zero-order valence-corrected chi connectivity index (χ0v) is 15.4. The fraction of sp³-hybridized carbons (Fsp3) is 0.286. The summed E-state index contributed by atoms with van der Waals surface area (Å²) in [5.41, 5.74) is 2.83. The van der Waals surface area contributed by atoms with Gasteiger partial charge in [-0.05, 0) is 24.1 Å². The molecule has 1 atom stereocenters. The number of pyridine rings is 1. The number of anilines is 1. The van der Waals surface area contributed by atoms with Gasteiger partial charge in [-0.1, -0.05) is 30.3 Å². The SMILES string of the molecule is Cn1c(N2CC[C@H](NCc3ccccc3)C2)nc(-c2ccncc2)cc1=O. The van der Waals surface area contributed by atoms with Crippen molar-refractivity contribution in [2.45, 2.75) is 19.0 Å². The molecule has 4 rings (SSSR count). The first kappa shape index (κ1) is 17.4. The lowest BCUT2D eigenvalue weighted by molar-refractivity contribution is 0.550. The molecule has 1 aliphatic heterocycles. The second-order valence-electron chi connectivity index (χ2n) is 6.87. The molecule has 1 N–H and O–H groups in total. The highest BCUT2D eigenvalue weighted by atomic mass is 16.1. The van der Waals surface area contributed by atoms with Crippen molar-refractivity contribution in [2.24, 2.45) is 7.05 Å². The van der Waals surface area contributed by atoms with Crippen molar-refractivity contribution >= 4 is 5.95 Å². The Balaban J connectivity index is 1.50. The summed E-state index contributed by atoms with van der Waals surface area (Å²) in [6.07, 6.45) is 4.46. The average Bonchev–Trinajstić information content (AvgIpc) is 3.18. The summed E-state index contributed by atoms with van der Waals surface area (Å²) >= 11 is 0. The molecule has 138 valence electrons. The Hall–Kier alpha value is -2.99. The van der Waals surface area contributed by atoms with Crippen molar-refractivity contribution in [2.75, 3.05) is 18.0 Å². The van der Waals surface area contributed by atoms with E-state index >= 15 is 0 Å². The molecule has 6 nitrogen and oxygen atoms in total. The third-order valence-electron chi connectivity index (χ3n) is 5.00. The van der Waals surface area contributed by atoms with Crippen molar-refractivity contribution < 1.29 is 0 Å². The first-order valence-electron chi connectivity index (χ1n) is 9.21. The molecular formula is C21H23N5O. The second kappa shape index (κ2) is 7.72. The minimum absolute atomic E-state index is 0.0486. The number of nitrogens with zero attached hydrogens (tertiary/aromatic N) is 4. The van der Waals surface area contributed by atoms with Crippen LogP contribution in [0.1, 0.15) is 12.0 Å². The van der Waals surface area contributed by atoms with E-state index in [1.165, 1.54) is 5.56 Å². The summed E-state index contributed by atoms with van der Waals surface area (Å²) < 4.78 is 1.63. The smallest absolute Gasteiger partial charge is 0.255 e. The Morgan fingerprint density at radius 2 is 1.93 bits per heavy atom. The molecule has 27 heavy (non-hydrogen) atoms. The first-order chi connectivity index (χ1) is 13.2. The largest absolute Gasteiger partial charge is 0.341 e. The summed E-state index contributed by atoms with van der Waals surface area (Å²) in [6, 6.07) is 16.1. The Bertz CT molecular complexity index is 955. The number of hydrogen-bond acceptors (Lipinski definition) is 5. The Morgan fingerprint density at radius 1 is 1.15 bits per heavy atom. The third kappa shape index (κ3) is 3.90. The minimum Gasteiger partial charge on any atom is -0.341 e. The molecule has 0 amide bonds. The normalized spacial score (nSPS) is 16.6. The fourth-order valence-corrected chi connectivity index (χ4v) is 3.45. The molecule has 2 aromatic heterocycles. The summed E-state index contributed by atoms with van der Waals surface area (Å²) in [7, 11) is 1.78. The van der Waals surface area contributed by atoms with E-state index in [0.717, 1.165) is 37.6 Å². The highest BCUT2D eigenvalue weighted by Gasteiger charge is 2.25. The predicted octanol–water partition coefficient (Wildman–Crippen LogP) is 2.21. The quantitative estimate of drug-likeness (QED) is 0.755. The van der Waals surface area contributed by atoms with Gasteiger partial charge in [-0.25, -0.2) is 4.98 Å². The molecule has 1 fully saturated rings. The molecule has 0 bridgehead atoms. The lowest BCUT2D eigenvalue weighted by Crippen LogP contribution is -2.34. The van der Waals surface area contributed by atoms with E-state index in [-0.39, 0.29) is 5.56 Å². The van der Waals surface area contributed by atoms with Crippen LogP contribution in [0.4, 0.5) is 5.95 Å². The van der Waals surface area contributed by atoms with Crippen LogP contribution in [0.3, 0.4) is 0 Å². The minimum atomic E-state index is -0.0486. The molecule has 3 heterocycles. The van der Waals surface area contributed by atoms with Crippen LogP contribution in [0.2, 0.25) is 0 Å². The molecular weight excluding hydrogens is 338 g/mol. The molecule has 0 spiro atoms. The lowest BCUT2D eigenvalue weighted by Gasteiger charge is -2.21. The van der Waals surface area contributed by atoms with Crippen molar-refractivity contribution in [3.05, 3.63) is 76.8 Å². The molecule has 0 unspecified atom stereocenters. The Morgan fingerprint density at radius 3 is 2.70 bits per heavy atom. The van der Waals surface area contributed by atoms with Crippen LogP contribution in [-0.4, -0.2) is 33.7 Å². The van der Waals surface area contributed by atoms with Crippen molar-refractivity contribution in [1.82, 2.24) is 19.9 Å². The molecule has 1 aromatic carbocycles. The number of benzene rings is 1. The molecule has 0 radical (unpaired) electrons. The molecule has 1 saturated heterocycles. The van der Waals surface area contributed by atoms with Crippen molar-refractivity contribution in [1.29, 1.82) is 0 Å². The summed E-state index contributed by atoms with van der Waals surface area (Å²) in [4.78, 5) is 23.4. The van der Waals surface area contributed by atoms with Gasteiger partial charge in [-0.15, -0.1) is 0 Å². The zero-order chi connectivity index (χ0) is 18.6. The topological polar surface area (TPSA) is 63.1 Å². The van der Waals surface area contributed by atoms with Gasteiger partial charge < -0.3 is 10.2 Å². The number of hydrogen-bond donors (Lipinski definition) is 1. The van der Waals surface area contributed by atoms with Crippen molar-refractivity contribution in [3.63, 3.8) is 0 Å². The predicted molar refractivity (Wildman–Crippen MR) is 107 cm³/mol. The van der Waals surface area contributed by atoms with Gasteiger partial charge in [0.15, 0.2) is 0 Å². The van der Waals surface area contributed by atoms with Crippen LogP contribution in [0.5, 0.6) is 0 Å². The van der Waals surface area contributed by atoms with E-state index in [1.54, 1.807) is 30.1 Å². The van der Waals surface area contributed by atoms with Gasteiger partial charge >= 0.3 is 0 Å². The Labute approximate surface area is 158 Å². The highest BCUT2D eigenvalue weighted by Crippen LogP contribution is 2.21. The van der Waals surface area contributed by atoms with E-state index in [4.69, 9.17) is 4.98 Å². The van der Waals surface area contributed by atoms with Gasteiger partial charge in [0.1, 0.15) is 0 Å². The van der Waals surface area contributed by atoms with Crippen LogP contribution in [0.15, 0.2) is 65.7 Å². The van der Waals surface area contributed by atoms with Gasteiger partial charge in [0.2, 0.25) is 5.95 Å². The van der Waals surface area contributed by atoms with E-state index in [2.05, 4.69) is 39.5 Å². The number of nitrogens with one attached hydrogen (secondary N) is 1. The lowest BCUT2D eigenvalue weighted by atomic mass is 10.2. The summed E-state index contributed by atoms with van der Waals surface area (Å²) in [5.74, 6) is 0.721. The van der Waals surface area contributed by atoms with Crippen LogP contribution in [0, 0.1) is 0 Å². The first-order valence-corrected chi connectivity index (χ1v) is 9.21. The molecule has 0 saturated carbocycles. The van der Waals surface area contributed by atoms with Crippen LogP contribution >= 0.6 is 0 Å². The van der Waals surface area contributed by atoms with Crippen LogP contribution in [-0.2, 0) is 13.6 Å². The van der Waals surface area contributed by atoms with Gasteiger partial charge in [-0.3, -0.25) is 14.3 Å². The van der Waals surface area contributed by atoms with E-state index in [0.29, 0.717) is 11.7 Å². The van der Waals surface area contributed by atoms with Gasteiger partial charge in [0, 0.05) is 56.7 Å². The second-order valence-corrected chi connectivity index (χ2v) is 6.87. The monoisotopic (exact) mass is 361 g/mol. The number of aromatic nitrogens is 3. The molecule has 6 heteroatoms. The highest BCUT2D eigenvalue weighted by molar-refractivity contribution is 5.59. The summed E-state index contributed by atoms with van der Waals surface area (Å²) in [6.45, 7) is 2.57. The van der Waals surface area contributed by atoms with Gasteiger partial charge in [0.05, 0.1) is 5.69 Å². The maximum atomic E-state index is 12.4. The van der Waals surface area contributed by atoms with E-state index < -0.39 is 0 Å². The number of rotatable bonds is 5. The summed E-state index contributed by atoms with van der Waals surface area (Å²) in [5, 5.41) is 3.61. The molecule has 1 aliphatic rings. The van der Waals surface area contributed by atoms with Gasteiger partial charge in [0.25, 0.3) is 5.56 Å². The Kier molecular flexibility index (Phi) is 4.98. The van der Waals surface area contributed by atoms with E-state index in [1.807, 2.05) is 18.2 Å². The third-order valence-corrected chi connectivity index (χ3v) is 5.00. The standard InChI is InChI=1S/C21H23N5O/c1-25-20(27)13-19(17-7-10-22-11-8-17)24-21(25)26-12-9-18(15-26)23-14-16-5-3-2-4-6-16/h2-8,10-11,13,18,23H,9,12,14-15H2,1H3/t18-/m0/s1. The van der Waals surface area contributed by atoms with Crippen LogP contribution < -0.4 is 15.8 Å². The maximum absolute atomic E-state index is 12.4. The maximum Gasteiger partial charge on any atom is 0.255 e. The van der Waals surface area contributed by atoms with Gasteiger partial charge in [-0.2, -0.15) is 0 Å². The zero-order valence-electron chi connectivity index (χ0n) is 15.4. The van der Waals surface area contributed by atoms with E-state index in [9.17, 15) is 4.79 Å². The fourth-order valence-electron chi connectivity index (χ4n) is 3.45.